The molecule has 2 rings (SSSR count). The molecule has 17 heavy (non-hydrogen) atoms. The number of hydrogen-bond donors (Lipinski definition) is 2. The summed E-state index contributed by atoms with van der Waals surface area (Å²) in [6.45, 7) is 3.03. The first kappa shape index (κ1) is 12.3. The molecular weight excluding hydrogens is 216 g/mol. The Morgan fingerprint density at radius 2 is 2.29 bits per heavy atom. The minimum atomic E-state index is 0.423. The number of aromatic nitrogens is 1. The number of piperidine rings is 1. The van der Waals surface area contributed by atoms with Crippen LogP contribution in [0.2, 0.25) is 0 Å². The molecule has 0 aromatic carbocycles. The molecule has 0 aliphatic carbocycles. The Labute approximate surface area is 102 Å². The van der Waals surface area contributed by atoms with Crippen molar-refractivity contribution >= 4 is 5.82 Å². The van der Waals surface area contributed by atoms with Gasteiger partial charge in [0.2, 0.25) is 0 Å². The number of rotatable bonds is 4. The van der Waals surface area contributed by atoms with Gasteiger partial charge in [-0.1, -0.05) is 6.07 Å². The maximum Gasteiger partial charge on any atom is 0.144 e. The highest BCUT2D eigenvalue weighted by molar-refractivity contribution is 5.42. The number of pyridine rings is 1. The summed E-state index contributed by atoms with van der Waals surface area (Å²) in [5.74, 6) is 6.21. The zero-order chi connectivity index (χ0) is 12.1. The summed E-state index contributed by atoms with van der Waals surface area (Å²) in [6.07, 6.45) is 4.37. The topological polar surface area (TPSA) is 63.4 Å². The van der Waals surface area contributed by atoms with Gasteiger partial charge in [-0.3, -0.25) is 4.90 Å². The fraction of sp³-hybridized carbons (Fsp3) is 0.583. The molecule has 0 bridgehead atoms. The molecule has 0 spiro atoms. The van der Waals surface area contributed by atoms with Gasteiger partial charge in [0.05, 0.1) is 6.10 Å². The maximum absolute atomic E-state index is 5.45. The largest absolute Gasteiger partial charge is 0.381 e. The van der Waals surface area contributed by atoms with Crippen molar-refractivity contribution in [3.63, 3.8) is 0 Å². The quantitative estimate of drug-likeness (QED) is 0.602. The molecule has 5 nitrogen and oxygen atoms in total. The Hall–Kier alpha value is -1.17. The Bertz CT molecular complexity index is 350. The lowest BCUT2D eigenvalue weighted by atomic mass is 10.1. The molecule has 5 heteroatoms. The first-order valence-electron chi connectivity index (χ1n) is 5.99. The zero-order valence-electron chi connectivity index (χ0n) is 10.2. The van der Waals surface area contributed by atoms with Gasteiger partial charge in [-0.15, -0.1) is 0 Å². The van der Waals surface area contributed by atoms with E-state index in [0.717, 1.165) is 43.9 Å². The van der Waals surface area contributed by atoms with E-state index < -0.39 is 0 Å². The second kappa shape index (κ2) is 5.95. The molecule has 1 aliphatic heterocycles. The maximum atomic E-state index is 5.45. The van der Waals surface area contributed by atoms with E-state index in [-0.39, 0.29) is 0 Å². The summed E-state index contributed by atoms with van der Waals surface area (Å²) in [5, 5.41) is 0. The van der Waals surface area contributed by atoms with Gasteiger partial charge < -0.3 is 10.2 Å². The predicted molar refractivity (Wildman–Crippen MR) is 67.4 cm³/mol. The van der Waals surface area contributed by atoms with Gasteiger partial charge in [-0.25, -0.2) is 10.8 Å². The van der Waals surface area contributed by atoms with Crippen LogP contribution in [0.25, 0.3) is 0 Å². The van der Waals surface area contributed by atoms with E-state index in [2.05, 4.69) is 21.4 Å². The van der Waals surface area contributed by atoms with Crippen molar-refractivity contribution in [2.75, 3.05) is 25.6 Å². The van der Waals surface area contributed by atoms with E-state index in [0.29, 0.717) is 6.10 Å². The number of nitrogens with zero attached hydrogens (tertiary/aromatic N) is 2. The van der Waals surface area contributed by atoms with Crippen LogP contribution in [0.1, 0.15) is 18.4 Å². The average molecular weight is 236 g/mol. The van der Waals surface area contributed by atoms with Crippen LogP contribution in [0.4, 0.5) is 5.82 Å². The smallest absolute Gasteiger partial charge is 0.144 e. The molecule has 0 unspecified atom stereocenters. The van der Waals surface area contributed by atoms with Crippen LogP contribution in [0, 0.1) is 0 Å². The highest BCUT2D eigenvalue weighted by Gasteiger charge is 2.19. The van der Waals surface area contributed by atoms with Crippen LogP contribution in [0.5, 0.6) is 0 Å². The zero-order valence-corrected chi connectivity index (χ0v) is 10.2. The van der Waals surface area contributed by atoms with E-state index in [4.69, 9.17) is 10.6 Å². The molecule has 1 aliphatic rings. The van der Waals surface area contributed by atoms with Crippen molar-refractivity contribution in [1.29, 1.82) is 0 Å². The fourth-order valence-corrected chi connectivity index (χ4v) is 2.24. The molecule has 0 radical (unpaired) electrons. The second-order valence-electron chi connectivity index (χ2n) is 4.37. The Balaban J connectivity index is 1.93. The third-order valence-electron chi connectivity index (χ3n) is 3.29. The van der Waals surface area contributed by atoms with Crippen LogP contribution in [-0.4, -0.2) is 36.2 Å². The van der Waals surface area contributed by atoms with Gasteiger partial charge in [0.1, 0.15) is 5.82 Å². The summed E-state index contributed by atoms with van der Waals surface area (Å²) in [6, 6.07) is 4.00. The monoisotopic (exact) mass is 236 g/mol. The van der Waals surface area contributed by atoms with Crippen LogP contribution >= 0.6 is 0 Å². The highest BCUT2D eigenvalue weighted by Crippen LogP contribution is 2.18. The summed E-state index contributed by atoms with van der Waals surface area (Å²) < 4.78 is 5.36. The molecular formula is C12H20N4O. The Kier molecular flexibility index (Phi) is 4.30. The number of likely N-dealkylation sites (tertiary alicyclic amines) is 1. The number of methoxy groups -OCH3 is 1. The third-order valence-corrected chi connectivity index (χ3v) is 3.29. The van der Waals surface area contributed by atoms with Crippen LogP contribution < -0.4 is 11.3 Å². The van der Waals surface area contributed by atoms with Gasteiger partial charge in [-0.05, 0) is 18.9 Å². The van der Waals surface area contributed by atoms with Crippen molar-refractivity contribution in [1.82, 2.24) is 9.88 Å². The van der Waals surface area contributed by atoms with Crippen molar-refractivity contribution in [2.45, 2.75) is 25.5 Å². The van der Waals surface area contributed by atoms with Gasteiger partial charge in [0, 0.05) is 38.5 Å². The lowest BCUT2D eigenvalue weighted by molar-refractivity contribution is 0.0389. The van der Waals surface area contributed by atoms with Gasteiger partial charge in [0.25, 0.3) is 0 Å². The van der Waals surface area contributed by atoms with E-state index in [1.165, 1.54) is 0 Å². The van der Waals surface area contributed by atoms with Crippen molar-refractivity contribution < 1.29 is 4.74 Å². The Morgan fingerprint density at radius 3 is 2.94 bits per heavy atom. The van der Waals surface area contributed by atoms with Gasteiger partial charge in [-0.2, -0.15) is 0 Å². The summed E-state index contributed by atoms with van der Waals surface area (Å²) in [7, 11) is 1.79. The molecule has 0 saturated carbocycles. The second-order valence-corrected chi connectivity index (χ2v) is 4.37. The molecule has 2 heterocycles. The fourth-order valence-electron chi connectivity index (χ4n) is 2.24. The molecule has 3 N–H and O–H groups in total. The normalized spacial score (nSPS) is 18.2. The minimum absolute atomic E-state index is 0.423. The van der Waals surface area contributed by atoms with E-state index >= 15 is 0 Å². The summed E-state index contributed by atoms with van der Waals surface area (Å²) in [5.41, 5.74) is 3.79. The minimum Gasteiger partial charge on any atom is -0.381 e. The predicted octanol–water partition coefficient (Wildman–Crippen LogP) is 0.978. The molecule has 0 amide bonds. The number of nitrogen functional groups attached to an aromatic ring is 1. The highest BCUT2D eigenvalue weighted by atomic mass is 16.5. The summed E-state index contributed by atoms with van der Waals surface area (Å²) in [4.78, 5) is 6.62. The number of nitrogens with two attached hydrogens (primary N) is 1. The SMILES string of the molecule is COC1CCN(Cc2cccnc2NN)CC1. The molecule has 1 aromatic rings. The molecule has 1 saturated heterocycles. The number of hydrogen-bond acceptors (Lipinski definition) is 5. The van der Waals surface area contributed by atoms with E-state index in [1.807, 2.05) is 6.07 Å². The van der Waals surface area contributed by atoms with Crippen molar-refractivity contribution in [3.8, 4) is 0 Å². The number of nitrogens with one attached hydrogen (secondary N) is 1. The molecule has 0 atom stereocenters. The summed E-state index contributed by atoms with van der Waals surface area (Å²) >= 11 is 0. The molecule has 1 fully saturated rings. The van der Waals surface area contributed by atoms with Crippen LogP contribution in [-0.2, 0) is 11.3 Å². The van der Waals surface area contributed by atoms with Gasteiger partial charge >= 0.3 is 0 Å². The first-order valence-corrected chi connectivity index (χ1v) is 5.99. The van der Waals surface area contributed by atoms with Gasteiger partial charge in [0.15, 0.2) is 0 Å². The molecule has 1 aromatic heterocycles. The third kappa shape index (κ3) is 3.15. The Morgan fingerprint density at radius 1 is 1.53 bits per heavy atom. The lowest BCUT2D eigenvalue weighted by Crippen LogP contribution is -2.36. The van der Waals surface area contributed by atoms with E-state index in [1.54, 1.807) is 13.3 Å². The van der Waals surface area contributed by atoms with Crippen LogP contribution in [0.3, 0.4) is 0 Å². The van der Waals surface area contributed by atoms with Crippen molar-refractivity contribution in [3.05, 3.63) is 23.9 Å². The van der Waals surface area contributed by atoms with E-state index in [9.17, 15) is 0 Å². The number of ether oxygens (including phenoxy) is 1. The number of hydrazine groups is 1. The lowest BCUT2D eigenvalue weighted by Gasteiger charge is -2.31. The van der Waals surface area contributed by atoms with Crippen molar-refractivity contribution in [2.24, 2.45) is 5.84 Å². The number of anilines is 1. The average Bonchev–Trinajstić information content (AvgIpc) is 2.40. The standard InChI is InChI=1S/C12H20N4O/c1-17-11-4-7-16(8-5-11)9-10-3-2-6-14-12(10)15-13/h2-3,6,11H,4-5,7-9,13H2,1H3,(H,14,15). The first-order chi connectivity index (χ1) is 8.33. The van der Waals surface area contributed by atoms with Crippen LogP contribution in [0.15, 0.2) is 18.3 Å². The molecule has 94 valence electrons.